The van der Waals surface area contributed by atoms with Gasteiger partial charge < -0.3 is 14.2 Å². The molecule has 1 aromatic heterocycles. The number of amides is 2. The minimum absolute atomic E-state index is 0.0616. The number of fused-ring (bicyclic) bond motifs is 1. The molecule has 28 heavy (non-hydrogen) atoms. The zero-order valence-corrected chi connectivity index (χ0v) is 17.3. The smallest absolute Gasteiger partial charge is 0.289 e. The van der Waals surface area contributed by atoms with E-state index < -0.39 is 0 Å². The number of carbonyl (C=O) groups excluding carboxylic acids is 2. The second-order valence-corrected chi connectivity index (χ2v) is 8.86. The summed E-state index contributed by atoms with van der Waals surface area (Å²) in [6.45, 7) is 10.1. The first kappa shape index (κ1) is 19.0. The lowest BCUT2D eigenvalue weighted by molar-refractivity contribution is -0.133. The quantitative estimate of drug-likeness (QED) is 0.798. The highest BCUT2D eigenvalue weighted by atomic mass is 16.3. The number of hydrogen-bond acceptors (Lipinski definition) is 3. The van der Waals surface area contributed by atoms with Crippen LogP contribution in [0.1, 0.15) is 54.8 Å². The third-order valence-electron chi connectivity index (χ3n) is 6.22. The zero-order valence-electron chi connectivity index (χ0n) is 17.3. The summed E-state index contributed by atoms with van der Waals surface area (Å²) >= 11 is 0. The Morgan fingerprint density at radius 3 is 2.68 bits per heavy atom. The SMILES string of the molecule is Cc1ccc2c(C)c(C(=O)N3CCC(=O)N(CC4CC4)C(C(C)C)C3)oc2c1. The number of carbonyl (C=O) groups is 2. The molecule has 2 aromatic rings. The maximum Gasteiger partial charge on any atom is 0.289 e. The fourth-order valence-electron chi connectivity index (χ4n) is 4.23. The molecule has 2 fully saturated rings. The van der Waals surface area contributed by atoms with Crippen molar-refractivity contribution in [2.24, 2.45) is 11.8 Å². The van der Waals surface area contributed by atoms with Gasteiger partial charge in [0.05, 0.1) is 6.04 Å². The van der Waals surface area contributed by atoms with Crippen molar-refractivity contribution in [2.75, 3.05) is 19.6 Å². The first-order valence-corrected chi connectivity index (χ1v) is 10.4. The highest BCUT2D eigenvalue weighted by Crippen LogP contribution is 2.33. The van der Waals surface area contributed by atoms with E-state index in [2.05, 4.69) is 13.8 Å². The minimum atomic E-state index is -0.0990. The molecular formula is C23H30N2O3. The van der Waals surface area contributed by atoms with Crippen LogP contribution >= 0.6 is 0 Å². The Morgan fingerprint density at radius 2 is 2.00 bits per heavy atom. The Morgan fingerprint density at radius 1 is 1.25 bits per heavy atom. The maximum atomic E-state index is 13.3. The van der Waals surface area contributed by atoms with Gasteiger partial charge in [0.25, 0.3) is 5.91 Å². The molecule has 1 unspecified atom stereocenters. The van der Waals surface area contributed by atoms with Gasteiger partial charge in [-0.3, -0.25) is 9.59 Å². The molecule has 1 saturated heterocycles. The van der Waals surface area contributed by atoms with E-state index in [4.69, 9.17) is 4.42 Å². The largest absolute Gasteiger partial charge is 0.451 e. The number of hydrogen-bond donors (Lipinski definition) is 0. The number of aryl methyl sites for hydroxylation is 2. The van der Waals surface area contributed by atoms with Crippen LogP contribution in [0.15, 0.2) is 22.6 Å². The van der Waals surface area contributed by atoms with Crippen LogP contribution in [0.2, 0.25) is 0 Å². The van der Waals surface area contributed by atoms with Gasteiger partial charge in [-0.15, -0.1) is 0 Å². The molecule has 2 heterocycles. The van der Waals surface area contributed by atoms with E-state index >= 15 is 0 Å². The highest BCUT2D eigenvalue weighted by Gasteiger charge is 2.37. The molecule has 2 aliphatic rings. The molecule has 2 amide bonds. The van der Waals surface area contributed by atoms with E-state index in [-0.39, 0.29) is 17.9 Å². The molecule has 150 valence electrons. The molecule has 5 heteroatoms. The van der Waals surface area contributed by atoms with Gasteiger partial charge >= 0.3 is 0 Å². The maximum absolute atomic E-state index is 13.3. The summed E-state index contributed by atoms with van der Waals surface area (Å²) < 4.78 is 5.97. The molecule has 1 saturated carbocycles. The molecular weight excluding hydrogens is 352 g/mol. The predicted molar refractivity (Wildman–Crippen MR) is 109 cm³/mol. The summed E-state index contributed by atoms with van der Waals surface area (Å²) in [5.41, 5.74) is 2.74. The Balaban J connectivity index is 1.62. The highest BCUT2D eigenvalue weighted by molar-refractivity contribution is 5.99. The van der Waals surface area contributed by atoms with Crippen molar-refractivity contribution in [3.8, 4) is 0 Å². The van der Waals surface area contributed by atoms with Crippen LogP contribution in [0.5, 0.6) is 0 Å². The summed E-state index contributed by atoms with van der Waals surface area (Å²) in [5.74, 6) is 1.44. The van der Waals surface area contributed by atoms with E-state index in [1.54, 1.807) is 0 Å². The van der Waals surface area contributed by atoms with Crippen LogP contribution in [0.25, 0.3) is 11.0 Å². The van der Waals surface area contributed by atoms with Crippen molar-refractivity contribution in [1.82, 2.24) is 9.80 Å². The Bertz CT molecular complexity index is 910. The lowest BCUT2D eigenvalue weighted by atomic mass is 10.0. The molecule has 5 nitrogen and oxygen atoms in total. The van der Waals surface area contributed by atoms with Crippen LogP contribution in [-0.4, -0.2) is 47.3 Å². The molecule has 4 rings (SSSR count). The first-order valence-electron chi connectivity index (χ1n) is 10.4. The normalized spacial score (nSPS) is 20.9. The average Bonchev–Trinajstić information content (AvgIpc) is 3.43. The molecule has 0 N–H and O–H groups in total. The fraction of sp³-hybridized carbons (Fsp3) is 0.565. The van der Waals surface area contributed by atoms with Gasteiger partial charge in [0.2, 0.25) is 5.91 Å². The van der Waals surface area contributed by atoms with Crippen molar-refractivity contribution >= 4 is 22.8 Å². The lowest BCUT2D eigenvalue weighted by Gasteiger charge is -2.34. The van der Waals surface area contributed by atoms with Gasteiger partial charge in [-0.2, -0.15) is 0 Å². The van der Waals surface area contributed by atoms with Gasteiger partial charge in [0.15, 0.2) is 5.76 Å². The third-order valence-corrected chi connectivity index (χ3v) is 6.22. The number of benzene rings is 1. The zero-order chi connectivity index (χ0) is 20.0. The molecule has 1 aromatic carbocycles. The number of nitrogens with zero attached hydrogens (tertiary/aromatic N) is 2. The van der Waals surface area contributed by atoms with E-state index in [0.717, 1.165) is 28.6 Å². The third kappa shape index (κ3) is 3.54. The first-order chi connectivity index (χ1) is 13.3. The van der Waals surface area contributed by atoms with Crippen LogP contribution in [0.4, 0.5) is 0 Å². The molecule has 0 bridgehead atoms. The molecule has 1 aliphatic carbocycles. The van der Waals surface area contributed by atoms with Crippen molar-refractivity contribution in [3.63, 3.8) is 0 Å². The standard InChI is InChI=1S/C23H30N2O3/c1-14(2)19-13-24(10-9-21(26)25(19)12-17-6-7-17)23(27)22-16(4)18-8-5-15(3)11-20(18)28-22/h5,8,11,14,17,19H,6-7,9-10,12-13H2,1-4H3. The summed E-state index contributed by atoms with van der Waals surface area (Å²) in [4.78, 5) is 30.0. The average molecular weight is 383 g/mol. The second kappa shape index (κ2) is 7.26. The van der Waals surface area contributed by atoms with Crippen LogP contribution < -0.4 is 0 Å². The van der Waals surface area contributed by atoms with Crippen molar-refractivity contribution in [3.05, 3.63) is 35.1 Å². The van der Waals surface area contributed by atoms with E-state index in [1.165, 1.54) is 12.8 Å². The van der Waals surface area contributed by atoms with Crippen LogP contribution in [0, 0.1) is 25.7 Å². The fourth-order valence-corrected chi connectivity index (χ4v) is 4.23. The van der Waals surface area contributed by atoms with E-state index in [1.807, 2.05) is 41.8 Å². The van der Waals surface area contributed by atoms with Crippen LogP contribution in [0.3, 0.4) is 0 Å². The van der Waals surface area contributed by atoms with Gasteiger partial charge in [-0.05, 0) is 50.2 Å². The summed E-state index contributed by atoms with van der Waals surface area (Å²) in [7, 11) is 0. The van der Waals surface area contributed by atoms with Crippen LogP contribution in [-0.2, 0) is 4.79 Å². The van der Waals surface area contributed by atoms with Crippen molar-refractivity contribution < 1.29 is 14.0 Å². The van der Waals surface area contributed by atoms with Crippen molar-refractivity contribution in [2.45, 2.75) is 53.0 Å². The lowest BCUT2D eigenvalue weighted by Crippen LogP contribution is -2.48. The van der Waals surface area contributed by atoms with E-state index in [0.29, 0.717) is 37.1 Å². The molecule has 1 atom stereocenters. The van der Waals surface area contributed by atoms with Gasteiger partial charge in [-0.1, -0.05) is 26.0 Å². The molecule has 1 aliphatic heterocycles. The number of furan rings is 1. The molecule has 0 radical (unpaired) electrons. The Labute approximate surface area is 166 Å². The summed E-state index contributed by atoms with van der Waals surface area (Å²) in [5, 5.41) is 0.982. The summed E-state index contributed by atoms with van der Waals surface area (Å²) in [6.07, 6.45) is 2.82. The monoisotopic (exact) mass is 382 g/mol. The van der Waals surface area contributed by atoms with Gasteiger partial charge in [0.1, 0.15) is 5.58 Å². The van der Waals surface area contributed by atoms with E-state index in [9.17, 15) is 9.59 Å². The topological polar surface area (TPSA) is 53.8 Å². The number of rotatable bonds is 4. The minimum Gasteiger partial charge on any atom is -0.451 e. The summed E-state index contributed by atoms with van der Waals surface area (Å²) in [6, 6.07) is 6.08. The molecule has 0 spiro atoms. The van der Waals surface area contributed by atoms with Gasteiger partial charge in [0, 0.05) is 37.0 Å². The Kier molecular flexibility index (Phi) is 4.94. The van der Waals surface area contributed by atoms with Gasteiger partial charge in [-0.25, -0.2) is 0 Å². The Hall–Kier alpha value is -2.30. The second-order valence-electron chi connectivity index (χ2n) is 8.86. The predicted octanol–water partition coefficient (Wildman–Crippen LogP) is 4.16. The van der Waals surface area contributed by atoms with Crippen molar-refractivity contribution in [1.29, 1.82) is 0 Å².